The third-order valence-electron chi connectivity index (χ3n) is 4.05. The van der Waals surface area contributed by atoms with Crippen LogP contribution in [0.4, 0.5) is 0 Å². The van der Waals surface area contributed by atoms with Gasteiger partial charge in [-0.05, 0) is 44.2 Å². The zero-order valence-corrected chi connectivity index (χ0v) is 15.4. The molecule has 1 atom stereocenters. The van der Waals surface area contributed by atoms with Crippen LogP contribution in [0, 0.1) is 5.92 Å². The summed E-state index contributed by atoms with van der Waals surface area (Å²) in [5.74, 6) is 1.07. The summed E-state index contributed by atoms with van der Waals surface area (Å²) in [5, 5.41) is 3.92. The van der Waals surface area contributed by atoms with Gasteiger partial charge in [0, 0.05) is 13.0 Å². The summed E-state index contributed by atoms with van der Waals surface area (Å²) >= 11 is 11.9. The van der Waals surface area contributed by atoms with Gasteiger partial charge in [0.2, 0.25) is 5.91 Å². The summed E-state index contributed by atoms with van der Waals surface area (Å²) in [6.45, 7) is 2.90. The van der Waals surface area contributed by atoms with E-state index in [0.29, 0.717) is 47.7 Å². The molecule has 0 saturated heterocycles. The Balaban J connectivity index is 0.00000264. The van der Waals surface area contributed by atoms with Crippen LogP contribution in [0.15, 0.2) is 18.2 Å². The molecule has 2 rings (SSSR count). The molecular formula is C16H23Cl3N2O2. The molecule has 0 radical (unpaired) electrons. The van der Waals surface area contributed by atoms with Crippen molar-refractivity contribution < 1.29 is 9.53 Å². The van der Waals surface area contributed by atoms with E-state index in [1.54, 1.807) is 18.2 Å². The number of nitrogens with one attached hydrogen (secondary N) is 1. The fourth-order valence-corrected chi connectivity index (χ4v) is 2.78. The number of hydrogen-bond acceptors (Lipinski definition) is 3. The molecule has 1 unspecified atom stereocenters. The Morgan fingerprint density at radius 2 is 2.13 bits per heavy atom. The van der Waals surface area contributed by atoms with Crippen molar-refractivity contribution in [1.29, 1.82) is 0 Å². The molecule has 0 aromatic heterocycles. The standard InChI is InChI=1S/C16H22Cl2N2O2.ClH/c1-16(10-19,11-7-8-11)20-14(21)6-3-9-22-13-5-2-4-12(17)15(13)18;/h2,4-5,11H,3,6-10,19H2,1H3,(H,20,21);1H. The van der Waals surface area contributed by atoms with Crippen LogP contribution in [0.25, 0.3) is 0 Å². The number of ether oxygens (including phenoxy) is 1. The summed E-state index contributed by atoms with van der Waals surface area (Å²) in [6, 6.07) is 5.24. The minimum absolute atomic E-state index is 0. The molecule has 1 fully saturated rings. The quantitative estimate of drug-likeness (QED) is 0.673. The van der Waals surface area contributed by atoms with E-state index < -0.39 is 0 Å². The van der Waals surface area contributed by atoms with Crippen molar-refractivity contribution in [3.8, 4) is 5.75 Å². The molecule has 0 aliphatic heterocycles. The van der Waals surface area contributed by atoms with Gasteiger partial charge in [-0.2, -0.15) is 0 Å². The van der Waals surface area contributed by atoms with E-state index in [0.717, 1.165) is 12.8 Å². The van der Waals surface area contributed by atoms with Gasteiger partial charge in [-0.1, -0.05) is 29.3 Å². The van der Waals surface area contributed by atoms with Gasteiger partial charge in [0.05, 0.1) is 17.2 Å². The number of carbonyl (C=O) groups excluding carboxylic acids is 1. The fourth-order valence-electron chi connectivity index (χ4n) is 2.43. The van der Waals surface area contributed by atoms with E-state index in [4.69, 9.17) is 33.7 Å². The molecule has 4 nitrogen and oxygen atoms in total. The topological polar surface area (TPSA) is 64.3 Å². The van der Waals surface area contributed by atoms with Crippen molar-refractivity contribution in [2.75, 3.05) is 13.2 Å². The number of halogens is 3. The highest BCUT2D eigenvalue weighted by Crippen LogP contribution is 2.39. The second-order valence-electron chi connectivity index (χ2n) is 5.95. The van der Waals surface area contributed by atoms with E-state index in [1.807, 2.05) is 6.92 Å². The Hall–Kier alpha value is -0.680. The average molecular weight is 382 g/mol. The van der Waals surface area contributed by atoms with Gasteiger partial charge in [-0.3, -0.25) is 4.79 Å². The molecule has 130 valence electrons. The van der Waals surface area contributed by atoms with E-state index in [-0.39, 0.29) is 23.9 Å². The van der Waals surface area contributed by atoms with Gasteiger partial charge in [-0.15, -0.1) is 12.4 Å². The van der Waals surface area contributed by atoms with E-state index in [1.165, 1.54) is 0 Å². The molecule has 1 saturated carbocycles. The second-order valence-corrected chi connectivity index (χ2v) is 6.73. The first kappa shape index (κ1) is 20.4. The summed E-state index contributed by atoms with van der Waals surface area (Å²) in [6.07, 6.45) is 3.30. The Labute approximate surface area is 153 Å². The van der Waals surface area contributed by atoms with Crippen LogP contribution in [0.5, 0.6) is 5.75 Å². The predicted molar refractivity (Wildman–Crippen MR) is 96.8 cm³/mol. The van der Waals surface area contributed by atoms with Crippen molar-refractivity contribution in [2.24, 2.45) is 11.7 Å². The van der Waals surface area contributed by atoms with E-state index in [2.05, 4.69) is 5.32 Å². The lowest BCUT2D eigenvalue weighted by molar-refractivity contribution is -0.123. The van der Waals surface area contributed by atoms with Gasteiger partial charge < -0.3 is 15.8 Å². The molecule has 0 bridgehead atoms. The zero-order valence-electron chi connectivity index (χ0n) is 13.1. The van der Waals surface area contributed by atoms with Crippen LogP contribution < -0.4 is 15.8 Å². The maximum absolute atomic E-state index is 12.0. The van der Waals surface area contributed by atoms with Crippen LogP contribution in [0.3, 0.4) is 0 Å². The van der Waals surface area contributed by atoms with Crippen molar-refractivity contribution in [3.63, 3.8) is 0 Å². The molecule has 1 aliphatic carbocycles. The molecule has 1 aromatic carbocycles. The predicted octanol–water partition coefficient (Wildman–Crippen LogP) is 3.82. The highest BCUT2D eigenvalue weighted by molar-refractivity contribution is 6.42. The van der Waals surface area contributed by atoms with E-state index in [9.17, 15) is 4.79 Å². The summed E-state index contributed by atoms with van der Waals surface area (Å²) in [7, 11) is 0. The number of amides is 1. The minimum Gasteiger partial charge on any atom is -0.492 e. The highest BCUT2D eigenvalue weighted by atomic mass is 35.5. The van der Waals surface area contributed by atoms with Gasteiger partial charge in [0.1, 0.15) is 10.8 Å². The first-order valence-electron chi connectivity index (χ1n) is 7.54. The number of benzene rings is 1. The third kappa shape index (κ3) is 5.71. The molecule has 1 aliphatic rings. The SMILES string of the molecule is CC(CN)(NC(=O)CCCOc1cccc(Cl)c1Cl)C1CC1.Cl. The largest absolute Gasteiger partial charge is 0.492 e. The second kappa shape index (κ2) is 8.97. The Bertz CT molecular complexity index is 538. The van der Waals surface area contributed by atoms with Gasteiger partial charge in [0.25, 0.3) is 0 Å². The maximum atomic E-state index is 12.0. The minimum atomic E-state index is -0.270. The number of hydrogen-bond donors (Lipinski definition) is 2. The van der Waals surface area contributed by atoms with E-state index >= 15 is 0 Å². The lowest BCUT2D eigenvalue weighted by atomic mass is 9.95. The molecule has 0 spiro atoms. The number of rotatable bonds is 8. The van der Waals surface area contributed by atoms with Crippen LogP contribution in [-0.4, -0.2) is 24.6 Å². The molecule has 1 amide bonds. The lowest BCUT2D eigenvalue weighted by Crippen LogP contribution is -2.53. The monoisotopic (exact) mass is 380 g/mol. The van der Waals surface area contributed by atoms with Crippen molar-refractivity contribution in [2.45, 2.75) is 38.1 Å². The molecule has 1 aromatic rings. The number of nitrogens with two attached hydrogens (primary N) is 1. The van der Waals surface area contributed by atoms with Crippen LogP contribution >= 0.6 is 35.6 Å². The lowest BCUT2D eigenvalue weighted by Gasteiger charge is -2.29. The smallest absolute Gasteiger partial charge is 0.220 e. The molecular weight excluding hydrogens is 359 g/mol. The maximum Gasteiger partial charge on any atom is 0.220 e. The summed E-state index contributed by atoms with van der Waals surface area (Å²) in [4.78, 5) is 12.0. The van der Waals surface area contributed by atoms with Gasteiger partial charge in [0.15, 0.2) is 0 Å². The van der Waals surface area contributed by atoms with Crippen molar-refractivity contribution in [1.82, 2.24) is 5.32 Å². The third-order valence-corrected chi connectivity index (χ3v) is 4.85. The first-order chi connectivity index (χ1) is 10.5. The summed E-state index contributed by atoms with van der Waals surface area (Å²) < 4.78 is 5.56. The zero-order chi connectivity index (χ0) is 16.2. The Morgan fingerprint density at radius 1 is 1.43 bits per heavy atom. The first-order valence-corrected chi connectivity index (χ1v) is 8.30. The Kier molecular flexibility index (Phi) is 7.95. The molecule has 0 heterocycles. The highest BCUT2D eigenvalue weighted by Gasteiger charge is 2.41. The van der Waals surface area contributed by atoms with Gasteiger partial charge >= 0.3 is 0 Å². The fraction of sp³-hybridized carbons (Fsp3) is 0.562. The Morgan fingerprint density at radius 3 is 2.74 bits per heavy atom. The van der Waals surface area contributed by atoms with Crippen molar-refractivity contribution in [3.05, 3.63) is 28.2 Å². The average Bonchev–Trinajstić information content (AvgIpc) is 3.32. The molecule has 23 heavy (non-hydrogen) atoms. The summed E-state index contributed by atoms with van der Waals surface area (Å²) in [5.41, 5.74) is 5.52. The van der Waals surface area contributed by atoms with Crippen LogP contribution in [-0.2, 0) is 4.79 Å². The van der Waals surface area contributed by atoms with Gasteiger partial charge in [-0.25, -0.2) is 0 Å². The van der Waals surface area contributed by atoms with Crippen LogP contribution in [0.2, 0.25) is 10.0 Å². The van der Waals surface area contributed by atoms with Crippen molar-refractivity contribution >= 4 is 41.5 Å². The normalized spacial score (nSPS) is 16.2. The molecule has 3 N–H and O–H groups in total. The number of carbonyl (C=O) groups is 1. The molecule has 7 heteroatoms. The van der Waals surface area contributed by atoms with Crippen LogP contribution in [0.1, 0.15) is 32.6 Å².